The van der Waals surface area contributed by atoms with E-state index < -0.39 is 12.0 Å². The molecule has 1 fully saturated rings. The number of benzene rings is 1. The van der Waals surface area contributed by atoms with Crippen molar-refractivity contribution in [2.45, 2.75) is 31.3 Å². The normalized spacial score (nSPS) is 19.0. The molecule has 0 aromatic heterocycles. The van der Waals surface area contributed by atoms with Crippen LogP contribution in [0.15, 0.2) is 24.3 Å². The van der Waals surface area contributed by atoms with Crippen LogP contribution in [0.2, 0.25) is 0 Å². The van der Waals surface area contributed by atoms with E-state index in [9.17, 15) is 9.59 Å². The van der Waals surface area contributed by atoms with Gasteiger partial charge in [0.15, 0.2) is 0 Å². The quantitative estimate of drug-likeness (QED) is 0.533. The van der Waals surface area contributed by atoms with Crippen molar-refractivity contribution in [2.75, 3.05) is 19.4 Å². The van der Waals surface area contributed by atoms with Crippen LogP contribution in [-0.2, 0) is 20.7 Å². The van der Waals surface area contributed by atoms with Crippen LogP contribution in [0.4, 0.5) is 5.69 Å². The van der Waals surface area contributed by atoms with Crippen molar-refractivity contribution in [3.63, 3.8) is 0 Å². The summed E-state index contributed by atoms with van der Waals surface area (Å²) in [6.45, 7) is 0.832. The number of anilines is 1. The monoisotopic (exact) mass is 291 g/mol. The van der Waals surface area contributed by atoms with Gasteiger partial charge in [-0.3, -0.25) is 4.79 Å². The van der Waals surface area contributed by atoms with E-state index in [1.54, 1.807) is 12.1 Å². The topological polar surface area (TPSA) is 93.4 Å². The summed E-state index contributed by atoms with van der Waals surface area (Å²) >= 11 is 0. The lowest BCUT2D eigenvalue weighted by Gasteiger charge is -2.19. The van der Waals surface area contributed by atoms with Gasteiger partial charge in [0.25, 0.3) is 0 Å². The van der Waals surface area contributed by atoms with Gasteiger partial charge in [0, 0.05) is 12.1 Å². The first-order valence-electron chi connectivity index (χ1n) is 7.06. The van der Waals surface area contributed by atoms with Gasteiger partial charge in [-0.1, -0.05) is 12.1 Å². The Kier molecular flexibility index (Phi) is 5.16. The van der Waals surface area contributed by atoms with Gasteiger partial charge in [-0.05, 0) is 37.1 Å². The molecule has 1 aliphatic rings. The number of carbonyl (C=O) groups is 2. The molecule has 0 spiro atoms. The predicted octanol–water partition coefficient (Wildman–Crippen LogP) is 0.221. The molecule has 4 N–H and O–H groups in total. The second-order valence-corrected chi connectivity index (χ2v) is 5.18. The molecule has 1 heterocycles. The van der Waals surface area contributed by atoms with Gasteiger partial charge >= 0.3 is 5.97 Å². The Morgan fingerprint density at radius 3 is 2.71 bits per heavy atom. The van der Waals surface area contributed by atoms with Crippen molar-refractivity contribution in [2.24, 2.45) is 0 Å². The maximum atomic E-state index is 12.1. The molecule has 0 radical (unpaired) electrons. The molecule has 1 aliphatic heterocycles. The van der Waals surface area contributed by atoms with Crippen LogP contribution in [0.1, 0.15) is 18.4 Å². The summed E-state index contributed by atoms with van der Waals surface area (Å²) in [5.41, 5.74) is 7.21. The molecule has 1 aromatic carbocycles. The highest BCUT2D eigenvalue weighted by atomic mass is 16.5. The molecule has 0 bridgehead atoms. The molecule has 0 saturated carbocycles. The maximum Gasteiger partial charge on any atom is 0.328 e. The van der Waals surface area contributed by atoms with Gasteiger partial charge < -0.3 is 21.1 Å². The maximum absolute atomic E-state index is 12.1. The van der Waals surface area contributed by atoms with Crippen molar-refractivity contribution < 1.29 is 14.3 Å². The molecule has 1 saturated heterocycles. The Labute approximate surface area is 124 Å². The molecule has 0 unspecified atom stereocenters. The molecule has 1 amide bonds. The van der Waals surface area contributed by atoms with Crippen LogP contribution in [-0.4, -0.2) is 37.6 Å². The van der Waals surface area contributed by atoms with E-state index in [0.29, 0.717) is 12.1 Å². The van der Waals surface area contributed by atoms with Gasteiger partial charge in [-0.2, -0.15) is 0 Å². The second kappa shape index (κ2) is 7.08. The number of carbonyl (C=O) groups excluding carboxylic acids is 2. The lowest BCUT2D eigenvalue weighted by molar-refractivity contribution is -0.145. The molecule has 1 aromatic rings. The Morgan fingerprint density at radius 1 is 1.43 bits per heavy atom. The minimum absolute atomic E-state index is 0.154. The lowest BCUT2D eigenvalue weighted by Crippen LogP contribution is -2.49. The third-order valence-electron chi connectivity index (χ3n) is 3.60. The Bertz CT molecular complexity index is 495. The molecule has 6 nitrogen and oxygen atoms in total. The number of hydrogen-bond acceptors (Lipinski definition) is 5. The molecule has 2 rings (SSSR count). The SMILES string of the molecule is COC(=O)[C@H](Cc1ccc(N)cc1)NC(=O)[C@@H]1CCCN1. The van der Waals surface area contributed by atoms with Crippen molar-refractivity contribution in [3.05, 3.63) is 29.8 Å². The summed E-state index contributed by atoms with van der Waals surface area (Å²) in [6, 6.07) is 6.31. The first kappa shape index (κ1) is 15.3. The Hall–Kier alpha value is -2.08. The number of ether oxygens (including phenoxy) is 1. The van der Waals surface area contributed by atoms with Gasteiger partial charge in [0.2, 0.25) is 5.91 Å². The summed E-state index contributed by atoms with van der Waals surface area (Å²) in [5, 5.41) is 5.87. The van der Waals surface area contributed by atoms with E-state index >= 15 is 0 Å². The third-order valence-corrected chi connectivity index (χ3v) is 3.60. The first-order chi connectivity index (χ1) is 10.1. The Morgan fingerprint density at radius 2 is 2.14 bits per heavy atom. The lowest BCUT2D eigenvalue weighted by atomic mass is 10.0. The molecular weight excluding hydrogens is 270 g/mol. The van der Waals surface area contributed by atoms with E-state index in [1.165, 1.54) is 7.11 Å². The number of nitrogens with two attached hydrogens (primary N) is 1. The van der Waals surface area contributed by atoms with Crippen LogP contribution in [0.3, 0.4) is 0 Å². The van der Waals surface area contributed by atoms with Crippen LogP contribution in [0.5, 0.6) is 0 Å². The van der Waals surface area contributed by atoms with E-state index in [-0.39, 0.29) is 11.9 Å². The number of methoxy groups -OCH3 is 1. The van der Waals surface area contributed by atoms with E-state index in [4.69, 9.17) is 10.5 Å². The van der Waals surface area contributed by atoms with Crippen molar-refractivity contribution in [3.8, 4) is 0 Å². The van der Waals surface area contributed by atoms with E-state index in [0.717, 1.165) is 24.9 Å². The zero-order valence-electron chi connectivity index (χ0n) is 12.1. The Balaban J connectivity index is 2.01. The number of esters is 1. The number of nitrogens with one attached hydrogen (secondary N) is 2. The van der Waals surface area contributed by atoms with Crippen LogP contribution in [0.25, 0.3) is 0 Å². The molecule has 114 valence electrons. The number of rotatable bonds is 5. The second-order valence-electron chi connectivity index (χ2n) is 5.18. The number of nitrogen functional groups attached to an aromatic ring is 1. The van der Waals surface area contributed by atoms with Gasteiger partial charge in [0.1, 0.15) is 6.04 Å². The highest BCUT2D eigenvalue weighted by molar-refractivity contribution is 5.87. The number of amides is 1. The van der Waals surface area contributed by atoms with Crippen LogP contribution in [0, 0.1) is 0 Å². The van der Waals surface area contributed by atoms with Crippen LogP contribution < -0.4 is 16.4 Å². The standard InChI is InChI=1S/C15H21N3O3/c1-21-15(20)13(9-10-4-6-11(16)7-5-10)18-14(19)12-3-2-8-17-12/h4-7,12-13,17H,2-3,8-9,16H2,1H3,(H,18,19)/t12-,13-/m0/s1. The average molecular weight is 291 g/mol. The fraction of sp³-hybridized carbons (Fsp3) is 0.467. The molecular formula is C15H21N3O3. The highest BCUT2D eigenvalue weighted by Gasteiger charge is 2.27. The highest BCUT2D eigenvalue weighted by Crippen LogP contribution is 2.10. The summed E-state index contributed by atoms with van der Waals surface area (Å²) < 4.78 is 4.77. The minimum Gasteiger partial charge on any atom is -0.467 e. The van der Waals surface area contributed by atoms with Crippen LogP contribution >= 0.6 is 0 Å². The summed E-state index contributed by atoms with van der Waals surface area (Å²) in [6.07, 6.45) is 2.14. The fourth-order valence-corrected chi connectivity index (χ4v) is 2.41. The van der Waals surface area contributed by atoms with Crippen molar-refractivity contribution in [1.29, 1.82) is 0 Å². The zero-order valence-corrected chi connectivity index (χ0v) is 12.1. The summed E-state index contributed by atoms with van der Waals surface area (Å²) in [7, 11) is 1.32. The van der Waals surface area contributed by atoms with Gasteiger partial charge in [-0.25, -0.2) is 4.79 Å². The van der Waals surface area contributed by atoms with Crippen molar-refractivity contribution in [1.82, 2.24) is 10.6 Å². The molecule has 6 heteroatoms. The van der Waals surface area contributed by atoms with Gasteiger partial charge in [0.05, 0.1) is 13.2 Å². The molecule has 2 atom stereocenters. The number of hydrogen-bond donors (Lipinski definition) is 3. The third kappa shape index (κ3) is 4.19. The first-order valence-corrected chi connectivity index (χ1v) is 7.06. The largest absolute Gasteiger partial charge is 0.467 e. The van der Waals surface area contributed by atoms with E-state index in [1.807, 2.05) is 12.1 Å². The smallest absolute Gasteiger partial charge is 0.328 e. The fourth-order valence-electron chi connectivity index (χ4n) is 2.41. The minimum atomic E-state index is -0.687. The summed E-state index contributed by atoms with van der Waals surface area (Å²) in [5.74, 6) is -0.600. The summed E-state index contributed by atoms with van der Waals surface area (Å²) in [4.78, 5) is 24.0. The molecule has 21 heavy (non-hydrogen) atoms. The van der Waals surface area contributed by atoms with E-state index in [2.05, 4.69) is 10.6 Å². The van der Waals surface area contributed by atoms with Crippen molar-refractivity contribution >= 4 is 17.6 Å². The van der Waals surface area contributed by atoms with Gasteiger partial charge in [-0.15, -0.1) is 0 Å². The molecule has 0 aliphatic carbocycles. The zero-order chi connectivity index (χ0) is 15.2. The average Bonchev–Trinajstić information content (AvgIpc) is 3.02. The predicted molar refractivity (Wildman–Crippen MR) is 79.5 cm³/mol.